The zero-order valence-corrected chi connectivity index (χ0v) is 8.72. The molecule has 0 spiro atoms. The van der Waals surface area contributed by atoms with Gasteiger partial charge >= 0.3 is 0 Å². The molecule has 0 aliphatic carbocycles. The molecule has 0 atom stereocenters. The molecule has 3 nitrogen and oxygen atoms in total. The lowest BCUT2D eigenvalue weighted by Gasteiger charge is -2.08. The van der Waals surface area contributed by atoms with Crippen molar-refractivity contribution in [1.29, 1.82) is 0 Å². The van der Waals surface area contributed by atoms with E-state index in [-0.39, 0.29) is 30.7 Å². The molecular formula is C6H16Cl2N2O. The lowest BCUT2D eigenvalue weighted by atomic mass is 10.5. The fourth-order valence-electron chi connectivity index (χ4n) is 0.456. The van der Waals surface area contributed by atoms with E-state index in [1.807, 2.05) is 19.0 Å². The molecule has 0 aromatic rings. The van der Waals surface area contributed by atoms with Gasteiger partial charge in [0.15, 0.2) is 0 Å². The van der Waals surface area contributed by atoms with Crippen LogP contribution in [0.4, 0.5) is 0 Å². The Kier molecular flexibility index (Phi) is 15.6. The average Bonchev–Trinajstić information content (AvgIpc) is 1.63. The monoisotopic (exact) mass is 202 g/mol. The number of hydrogen-bond donors (Lipinski definition) is 1. The second-order valence-corrected chi connectivity index (χ2v) is 2.29. The van der Waals surface area contributed by atoms with E-state index in [1.165, 1.54) is 6.92 Å². The summed E-state index contributed by atoms with van der Waals surface area (Å²) in [5.74, 6) is 0.0388. The van der Waals surface area contributed by atoms with E-state index in [9.17, 15) is 4.79 Å². The zero-order chi connectivity index (χ0) is 7.28. The van der Waals surface area contributed by atoms with Crippen LogP contribution < -0.4 is 5.32 Å². The molecule has 70 valence electrons. The zero-order valence-electron chi connectivity index (χ0n) is 7.09. The number of likely N-dealkylation sites (N-methyl/N-ethyl adjacent to an activating group) is 1. The fourth-order valence-corrected chi connectivity index (χ4v) is 0.456. The number of nitrogens with zero attached hydrogens (tertiary/aromatic N) is 1. The van der Waals surface area contributed by atoms with Gasteiger partial charge in [-0.1, -0.05) is 0 Å². The SMILES string of the molecule is CC(=O)NCCN(C)C.Cl.Cl. The van der Waals surface area contributed by atoms with Crippen molar-refractivity contribution in [3.05, 3.63) is 0 Å². The van der Waals surface area contributed by atoms with Gasteiger partial charge < -0.3 is 10.2 Å². The first-order valence-corrected chi connectivity index (χ1v) is 3.02. The summed E-state index contributed by atoms with van der Waals surface area (Å²) in [5.41, 5.74) is 0. The molecule has 0 aliphatic rings. The van der Waals surface area contributed by atoms with E-state index in [0.29, 0.717) is 0 Å². The Bertz CT molecular complexity index is 98.6. The van der Waals surface area contributed by atoms with Crippen LogP contribution in [-0.2, 0) is 4.79 Å². The second kappa shape index (κ2) is 10.0. The Morgan fingerprint density at radius 1 is 1.36 bits per heavy atom. The van der Waals surface area contributed by atoms with Crippen molar-refractivity contribution in [3.8, 4) is 0 Å². The van der Waals surface area contributed by atoms with Crippen molar-refractivity contribution in [2.45, 2.75) is 6.92 Å². The highest BCUT2D eigenvalue weighted by atomic mass is 35.5. The van der Waals surface area contributed by atoms with E-state index in [4.69, 9.17) is 0 Å². The number of halogens is 2. The number of hydrogen-bond acceptors (Lipinski definition) is 2. The van der Waals surface area contributed by atoms with Crippen LogP contribution in [0.1, 0.15) is 6.92 Å². The van der Waals surface area contributed by atoms with Crippen LogP contribution in [0.2, 0.25) is 0 Å². The third kappa shape index (κ3) is 17.8. The predicted octanol–water partition coefficient (Wildman–Crippen LogP) is 0.528. The number of carbonyl (C=O) groups is 1. The Balaban J connectivity index is -0.000000320. The lowest BCUT2D eigenvalue weighted by molar-refractivity contribution is -0.118. The Hall–Kier alpha value is 0.01000. The summed E-state index contributed by atoms with van der Waals surface area (Å²) in [7, 11) is 3.95. The van der Waals surface area contributed by atoms with Gasteiger partial charge in [-0.3, -0.25) is 4.79 Å². The summed E-state index contributed by atoms with van der Waals surface area (Å²) in [6.07, 6.45) is 0. The largest absolute Gasteiger partial charge is 0.355 e. The molecule has 0 saturated carbocycles. The molecule has 0 bridgehead atoms. The first-order valence-electron chi connectivity index (χ1n) is 3.02. The number of amides is 1. The van der Waals surface area contributed by atoms with Crippen molar-refractivity contribution in [2.24, 2.45) is 0 Å². The topological polar surface area (TPSA) is 32.3 Å². The number of nitrogens with one attached hydrogen (secondary N) is 1. The molecule has 0 fully saturated rings. The van der Waals surface area contributed by atoms with Crippen LogP contribution in [0.3, 0.4) is 0 Å². The highest BCUT2D eigenvalue weighted by Crippen LogP contribution is 1.69. The summed E-state index contributed by atoms with van der Waals surface area (Å²) in [6.45, 7) is 3.16. The number of rotatable bonds is 3. The minimum atomic E-state index is 0. The molecule has 0 aromatic heterocycles. The molecule has 0 aliphatic heterocycles. The molecule has 0 aromatic carbocycles. The first-order chi connectivity index (χ1) is 4.13. The van der Waals surface area contributed by atoms with E-state index >= 15 is 0 Å². The van der Waals surface area contributed by atoms with Gasteiger partial charge in [-0.2, -0.15) is 0 Å². The van der Waals surface area contributed by atoms with Gasteiger partial charge in [0.25, 0.3) is 0 Å². The van der Waals surface area contributed by atoms with Crippen LogP contribution in [0.25, 0.3) is 0 Å². The lowest BCUT2D eigenvalue weighted by Crippen LogP contribution is -2.29. The predicted molar refractivity (Wildman–Crippen MR) is 51.7 cm³/mol. The maximum atomic E-state index is 10.3. The van der Waals surface area contributed by atoms with Gasteiger partial charge in [0, 0.05) is 20.0 Å². The molecule has 0 unspecified atom stereocenters. The summed E-state index contributed by atoms with van der Waals surface area (Å²) in [4.78, 5) is 12.3. The van der Waals surface area contributed by atoms with E-state index in [0.717, 1.165) is 13.1 Å². The quantitative estimate of drug-likeness (QED) is 0.725. The van der Waals surface area contributed by atoms with Crippen molar-refractivity contribution < 1.29 is 4.79 Å². The summed E-state index contributed by atoms with van der Waals surface area (Å²) >= 11 is 0. The summed E-state index contributed by atoms with van der Waals surface area (Å²) < 4.78 is 0. The smallest absolute Gasteiger partial charge is 0.216 e. The van der Waals surface area contributed by atoms with Crippen LogP contribution >= 0.6 is 24.8 Å². The first kappa shape index (κ1) is 17.2. The summed E-state index contributed by atoms with van der Waals surface area (Å²) in [5, 5.41) is 2.70. The Labute approximate surface area is 80.3 Å². The van der Waals surface area contributed by atoms with Gasteiger partial charge in [0.05, 0.1) is 0 Å². The molecular weight excluding hydrogens is 187 g/mol. The van der Waals surface area contributed by atoms with Crippen LogP contribution in [0.15, 0.2) is 0 Å². The molecule has 11 heavy (non-hydrogen) atoms. The van der Waals surface area contributed by atoms with Crippen LogP contribution in [0, 0.1) is 0 Å². The molecule has 1 N–H and O–H groups in total. The van der Waals surface area contributed by atoms with E-state index < -0.39 is 0 Å². The maximum absolute atomic E-state index is 10.3. The maximum Gasteiger partial charge on any atom is 0.216 e. The highest BCUT2D eigenvalue weighted by Gasteiger charge is 1.90. The minimum absolute atomic E-state index is 0. The van der Waals surface area contributed by atoms with Gasteiger partial charge in [-0.05, 0) is 14.1 Å². The Morgan fingerprint density at radius 3 is 2.09 bits per heavy atom. The fraction of sp³-hybridized carbons (Fsp3) is 0.833. The standard InChI is InChI=1S/C6H14N2O.2ClH/c1-6(9)7-4-5-8(2)3;;/h4-5H2,1-3H3,(H,7,9);2*1H. The normalized spacial score (nSPS) is 8.00. The van der Waals surface area contributed by atoms with Crippen LogP contribution in [0.5, 0.6) is 0 Å². The molecule has 5 heteroatoms. The third-order valence-electron chi connectivity index (χ3n) is 0.933. The summed E-state index contributed by atoms with van der Waals surface area (Å²) in [6, 6.07) is 0. The van der Waals surface area contributed by atoms with Gasteiger partial charge in [0.2, 0.25) is 5.91 Å². The molecule has 0 rings (SSSR count). The van der Waals surface area contributed by atoms with Crippen LogP contribution in [-0.4, -0.2) is 38.0 Å². The Morgan fingerprint density at radius 2 is 1.82 bits per heavy atom. The van der Waals surface area contributed by atoms with Crippen molar-refractivity contribution >= 4 is 30.7 Å². The number of carbonyl (C=O) groups excluding carboxylic acids is 1. The highest BCUT2D eigenvalue weighted by molar-refractivity contribution is 5.85. The van der Waals surface area contributed by atoms with Crippen molar-refractivity contribution in [1.82, 2.24) is 10.2 Å². The van der Waals surface area contributed by atoms with Crippen molar-refractivity contribution in [2.75, 3.05) is 27.2 Å². The molecule has 1 amide bonds. The van der Waals surface area contributed by atoms with E-state index in [2.05, 4.69) is 5.32 Å². The van der Waals surface area contributed by atoms with Crippen molar-refractivity contribution in [3.63, 3.8) is 0 Å². The minimum Gasteiger partial charge on any atom is -0.355 e. The van der Waals surface area contributed by atoms with Gasteiger partial charge in [0.1, 0.15) is 0 Å². The van der Waals surface area contributed by atoms with Gasteiger partial charge in [-0.15, -0.1) is 24.8 Å². The molecule has 0 saturated heterocycles. The molecule has 0 heterocycles. The van der Waals surface area contributed by atoms with E-state index in [1.54, 1.807) is 0 Å². The molecule has 0 radical (unpaired) electrons. The van der Waals surface area contributed by atoms with Gasteiger partial charge in [-0.25, -0.2) is 0 Å². The second-order valence-electron chi connectivity index (χ2n) is 2.29. The third-order valence-corrected chi connectivity index (χ3v) is 0.933. The average molecular weight is 203 g/mol.